The topological polar surface area (TPSA) is 67.2 Å². The van der Waals surface area contributed by atoms with Gasteiger partial charge < -0.3 is 14.8 Å². The number of para-hydroxylation sites is 2. The number of aromatic nitrogens is 2. The van der Waals surface area contributed by atoms with Crippen LogP contribution in [0.4, 0.5) is 11.4 Å². The predicted octanol–water partition coefficient (Wildman–Crippen LogP) is 1.65. The maximum Gasteiger partial charge on any atom is 0.247 e. The third kappa shape index (κ3) is 2.65. The highest BCUT2D eigenvalue weighted by Gasteiger charge is 2.29. The van der Waals surface area contributed by atoms with Crippen LogP contribution in [-0.2, 0) is 16.1 Å². The normalized spacial score (nSPS) is 17.9. The molecule has 0 saturated heterocycles. The van der Waals surface area contributed by atoms with Gasteiger partial charge in [-0.05, 0) is 19.1 Å². The molecule has 2 heterocycles. The van der Waals surface area contributed by atoms with Gasteiger partial charge in [-0.3, -0.25) is 9.59 Å². The standard InChI is InChI=1S/C15H16N4O2/c1-11-8-14(20)17-12-4-2-3-5-13(12)19(11)15(21)9-18-7-6-16-10-18/h2-7,10-11H,8-9H2,1H3,(H,17,20)/t11-/m1/s1. The van der Waals surface area contributed by atoms with Crippen LogP contribution in [0.3, 0.4) is 0 Å². The number of anilines is 2. The number of amides is 2. The third-order valence-electron chi connectivity index (χ3n) is 3.50. The Hall–Kier alpha value is -2.63. The summed E-state index contributed by atoms with van der Waals surface area (Å²) in [6.07, 6.45) is 5.27. The Bertz CT molecular complexity index is 666. The Labute approximate surface area is 122 Å². The van der Waals surface area contributed by atoms with Crippen LogP contribution in [0.5, 0.6) is 0 Å². The molecule has 0 spiro atoms. The van der Waals surface area contributed by atoms with Gasteiger partial charge >= 0.3 is 0 Å². The molecule has 1 atom stereocenters. The molecule has 0 aliphatic carbocycles. The van der Waals surface area contributed by atoms with Crippen LogP contribution in [0.25, 0.3) is 0 Å². The maximum atomic E-state index is 12.6. The summed E-state index contributed by atoms with van der Waals surface area (Å²) >= 11 is 0. The Morgan fingerprint density at radius 2 is 2.24 bits per heavy atom. The van der Waals surface area contributed by atoms with Gasteiger partial charge in [-0.1, -0.05) is 12.1 Å². The summed E-state index contributed by atoms with van der Waals surface area (Å²) in [4.78, 5) is 30.1. The Balaban J connectivity index is 1.95. The Morgan fingerprint density at radius 3 is 3.00 bits per heavy atom. The minimum absolute atomic E-state index is 0.0653. The first-order valence-electron chi connectivity index (χ1n) is 6.82. The summed E-state index contributed by atoms with van der Waals surface area (Å²) < 4.78 is 1.72. The number of hydrogen-bond acceptors (Lipinski definition) is 3. The Morgan fingerprint density at radius 1 is 1.43 bits per heavy atom. The molecule has 0 unspecified atom stereocenters. The minimum atomic E-state index is -0.190. The average Bonchev–Trinajstić information content (AvgIpc) is 2.89. The van der Waals surface area contributed by atoms with Crippen LogP contribution >= 0.6 is 0 Å². The summed E-state index contributed by atoms with van der Waals surface area (Å²) in [5, 5.41) is 2.84. The second-order valence-corrected chi connectivity index (χ2v) is 5.12. The highest BCUT2D eigenvalue weighted by molar-refractivity contribution is 6.04. The molecule has 2 amide bonds. The van der Waals surface area contributed by atoms with E-state index >= 15 is 0 Å². The average molecular weight is 284 g/mol. The fourth-order valence-electron chi connectivity index (χ4n) is 2.58. The first-order chi connectivity index (χ1) is 10.1. The molecular formula is C15H16N4O2. The van der Waals surface area contributed by atoms with Crippen LogP contribution in [0, 0.1) is 0 Å². The lowest BCUT2D eigenvalue weighted by atomic mass is 10.1. The fraction of sp³-hybridized carbons (Fsp3) is 0.267. The zero-order valence-corrected chi connectivity index (χ0v) is 11.7. The van der Waals surface area contributed by atoms with Crippen molar-refractivity contribution in [3.8, 4) is 0 Å². The first-order valence-corrected chi connectivity index (χ1v) is 6.82. The molecule has 3 rings (SSSR count). The van der Waals surface area contributed by atoms with E-state index in [-0.39, 0.29) is 30.8 Å². The summed E-state index contributed by atoms with van der Waals surface area (Å²) in [7, 11) is 0. The highest BCUT2D eigenvalue weighted by atomic mass is 16.2. The van der Waals surface area contributed by atoms with E-state index in [1.807, 2.05) is 31.2 Å². The maximum absolute atomic E-state index is 12.6. The SMILES string of the molecule is C[C@@H]1CC(=O)Nc2ccccc2N1C(=O)Cn1ccnc1. The number of carbonyl (C=O) groups is 2. The molecule has 1 aliphatic heterocycles. The van der Waals surface area contributed by atoms with Crippen LogP contribution in [0.2, 0.25) is 0 Å². The number of fused-ring (bicyclic) bond motifs is 1. The predicted molar refractivity (Wildman–Crippen MR) is 78.9 cm³/mol. The van der Waals surface area contributed by atoms with Gasteiger partial charge in [0.25, 0.3) is 0 Å². The van der Waals surface area contributed by atoms with Gasteiger partial charge in [0.15, 0.2) is 0 Å². The molecule has 6 heteroatoms. The molecule has 21 heavy (non-hydrogen) atoms. The van der Waals surface area contributed by atoms with Crippen LogP contribution in [0.1, 0.15) is 13.3 Å². The molecular weight excluding hydrogens is 268 g/mol. The minimum Gasteiger partial charge on any atom is -0.328 e. The molecule has 0 radical (unpaired) electrons. The summed E-state index contributed by atoms with van der Waals surface area (Å²) in [6.45, 7) is 2.08. The smallest absolute Gasteiger partial charge is 0.247 e. The van der Waals surface area contributed by atoms with Crippen molar-refractivity contribution < 1.29 is 9.59 Å². The van der Waals surface area contributed by atoms with Gasteiger partial charge in [0.05, 0.1) is 17.7 Å². The second-order valence-electron chi connectivity index (χ2n) is 5.12. The van der Waals surface area contributed by atoms with Crippen molar-refractivity contribution in [2.24, 2.45) is 0 Å². The lowest BCUT2D eigenvalue weighted by Crippen LogP contribution is -2.40. The summed E-state index contributed by atoms with van der Waals surface area (Å²) in [5.41, 5.74) is 1.41. The van der Waals surface area contributed by atoms with Crippen molar-refractivity contribution in [1.82, 2.24) is 9.55 Å². The number of hydrogen-bond donors (Lipinski definition) is 1. The van der Waals surface area contributed by atoms with Gasteiger partial charge in [-0.25, -0.2) is 4.98 Å². The Kier molecular flexibility index (Phi) is 3.43. The number of carbonyl (C=O) groups excluding carboxylic acids is 2. The van der Waals surface area contributed by atoms with Crippen molar-refractivity contribution >= 4 is 23.2 Å². The van der Waals surface area contributed by atoms with Crippen molar-refractivity contribution in [3.63, 3.8) is 0 Å². The molecule has 2 aromatic rings. The molecule has 1 aliphatic rings. The van der Waals surface area contributed by atoms with Crippen molar-refractivity contribution in [3.05, 3.63) is 43.0 Å². The number of nitrogens with zero attached hydrogens (tertiary/aromatic N) is 3. The molecule has 1 aromatic heterocycles. The van der Waals surface area contributed by atoms with Crippen molar-refractivity contribution in [2.75, 3.05) is 10.2 Å². The molecule has 1 aromatic carbocycles. The van der Waals surface area contributed by atoms with Crippen LogP contribution < -0.4 is 10.2 Å². The van der Waals surface area contributed by atoms with Crippen LogP contribution in [-0.4, -0.2) is 27.4 Å². The van der Waals surface area contributed by atoms with E-state index in [4.69, 9.17) is 0 Å². The quantitative estimate of drug-likeness (QED) is 0.911. The van der Waals surface area contributed by atoms with E-state index in [0.717, 1.165) is 5.69 Å². The summed E-state index contributed by atoms with van der Waals surface area (Å²) in [6, 6.07) is 7.17. The summed E-state index contributed by atoms with van der Waals surface area (Å²) in [5.74, 6) is -0.141. The number of nitrogens with one attached hydrogen (secondary N) is 1. The van der Waals surface area contributed by atoms with E-state index in [2.05, 4.69) is 10.3 Å². The lowest BCUT2D eigenvalue weighted by molar-refractivity contribution is -0.119. The number of rotatable bonds is 2. The van der Waals surface area contributed by atoms with E-state index in [0.29, 0.717) is 5.69 Å². The van der Waals surface area contributed by atoms with Gasteiger partial charge in [-0.15, -0.1) is 0 Å². The van der Waals surface area contributed by atoms with E-state index in [9.17, 15) is 9.59 Å². The molecule has 6 nitrogen and oxygen atoms in total. The van der Waals surface area contributed by atoms with Crippen LogP contribution in [0.15, 0.2) is 43.0 Å². The van der Waals surface area contributed by atoms with Gasteiger partial charge in [0, 0.05) is 24.9 Å². The number of imidazole rings is 1. The van der Waals surface area contributed by atoms with Gasteiger partial charge in [0.1, 0.15) is 6.54 Å². The highest BCUT2D eigenvalue weighted by Crippen LogP contribution is 2.31. The zero-order valence-electron chi connectivity index (χ0n) is 11.7. The largest absolute Gasteiger partial charge is 0.328 e. The molecule has 0 fully saturated rings. The van der Waals surface area contributed by atoms with E-state index < -0.39 is 0 Å². The first kappa shape index (κ1) is 13.4. The molecule has 0 bridgehead atoms. The van der Waals surface area contributed by atoms with Gasteiger partial charge in [-0.2, -0.15) is 0 Å². The lowest BCUT2D eigenvalue weighted by Gasteiger charge is -2.28. The monoisotopic (exact) mass is 284 g/mol. The third-order valence-corrected chi connectivity index (χ3v) is 3.50. The molecule has 108 valence electrons. The van der Waals surface area contributed by atoms with E-state index in [1.165, 1.54) is 0 Å². The van der Waals surface area contributed by atoms with Crippen molar-refractivity contribution in [1.29, 1.82) is 0 Å². The zero-order chi connectivity index (χ0) is 14.8. The fourth-order valence-corrected chi connectivity index (χ4v) is 2.58. The second kappa shape index (κ2) is 5.40. The molecule has 1 N–H and O–H groups in total. The molecule has 0 saturated carbocycles. The van der Waals surface area contributed by atoms with E-state index in [1.54, 1.807) is 28.2 Å². The number of benzene rings is 1. The van der Waals surface area contributed by atoms with Gasteiger partial charge in [0.2, 0.25) is 11.8 Å². The van der Waals surface area contributed by atoms with Crippen molar-refractivity contribution in [2.45, 2.75) is 25.9 Å².